The molecule has 0 saturated heterocycles. The van der Waals surface area contributed by atoms with Crippen LogP contribution in [0.1, 0.15) is 16.1 Å². The molecular weight excluding hydrogens is 132 g/mol. The number of carbonyl (C=O) groups is 1. The van der Waals surface area contributed by atoms with Crippen LogP contribution in [0.5, 0.6) is 0 Å². The van der Waals surface area contributed by atoms with Crippen LogP contribution in [-0.4, -0.2) is 5.78 Å². The van der Waals surface area contributed by atoms with Crippen LogP contribution in [0.3, 0.4) is 0 Å². The van der Waals surface area contributed by atoms with Crippen molar-refractivity contribution in [3.63, 3.8) is 0 Å². The molecule has 0 bridgehead atoms. The zero-order valence-corrected chi connectivity index (χ0v) is 5.78. The monoisotopic (exact) mass is 139 g/mol. The molecule has 0 fully saturated rings. The first-order valence-corrected chi connectivity index (χ1v) is 3.58. The van der Waals surface area contributed by atoms with Gasteiger partial charge in [-0.3, -0.25) is 4.79 Å². The molecule has 1 rings (SSSR count). The van der Waals surface area contributed by atoms with Gasteiger partial charge in [0.05, 0.1) is 4.88 Å². The van der Waals surface area contributed by atoms with Crippen molar-refractivity contribution in [2.24, 2.45) is 0 Å². The van der Waals surface area contributed by atoms with Gasteiger partial charge in [0.15, 0.2) is 5.78 Å². The average Bonchev–Trinajstić information content (AvgIpc) is 2.37. The van der Waals surface area contributed by atoms with E-state index in [4.69, 9.17) is 0 Å². The number of carbonyl (C=O) groups excluding carboxylic acids is 1. The maximum atomic E-state index is 10.8. The summed E-state index contributed by atoms with van der Waals surface area (Å²) in [5.74, 6) is 0.130. The van der Waals surface area contributed by atoms with Crippen molar-refractivity contribution in [2.75, 3.05) is 0 Å². The molecule has 9 heavy (non-hydrogen) atoms. The molecule has 0 aliphatic carbocycles. The summed E-state index contributed by atoms with van der Waals surface area (Å²) in [6, 6.07) is 3.69. The number of rotatable bonds is 2. The van der Waals surface area contributed by atoms with Crippen LogP contribution in [0, 0.1) is 6.92 Å². The minimum Gasteiger partial charge on any atom is -0.293 e. The van der Waals surface area contributed by atoms with Crippen molar-refractivity contribution in [1.82, 2.24) is 0 Å². The van der Waals surface area contributed by atoms with Gasteiger partial charge in [-0.1, -0.05) is 6.07 Å². The lowest BCUT2D eigenvalue weighted by molar-refractivity contribution is 0.0999. The summed E-state index contributed by atoms with van der Waals surface area (Å²) in [4.78, 5) is 11.6. The topological polar surface area (TPSA) is 17.1 Å². The zero-order valence-electron chi connectivity index (χ0n) is 4.96. The number of hydrogen-bond acceptors (Lipinski definition) is 2. The highest BCUT2D eigenvalue weighted by atomic mass is 32.1. The summed E-state index contributed by atoms with van der Waals surface area (Å²) in [6.45, 7) is 3.50. The summed E-state index contributed by atoms with van der Waals surface area (Å²) in [6.07, 6.45) is 0.362. The summed E-state index contributed by atoms with van der Waals surface area (Å²) < 4.78 is 0. The van der Waals surface area contributed by atoms with E-state index in [1.54, 1.807) is 0 Å². The third-order valence-corrected chi connectivity index (χ3v) is 1.93. The second-order valence-corrected chi connectivity index (χ2v) is 2.60. The van der Waals surface area contributed by atoms with Gasteiger partial charge in [0.25, 0.3) is 0 Å². The van der Waals surface area contributed by atoms with Crippen molar-refractivity contribution in [2.45, 2.75) is 6.42 Å². The highest BCUT2D eigenvalue weighted by molar-refractivity contribution is 7.12. The Morgan fingerprint density at radius 3 is 3.00 bits per heavy atom. The molecule has 1 radical (unpaired) electrons. The van der Waals surface area contributed by atoms with Gasteiger partial charge in [0.1, 0.15) is 0 Å². The minimum absolute atomic E-state index is 0.130. The minimum atomic E-state index is 0.130. The highest BCUT2D eigenvalue weighted by Gasteiger charge is 2.00. The van der Waals surface area contributed by atoms with Gasteiger partial charge >= 0.3 is 0 Å². The van der Waals surface area contributed by atoms with Gasteiger partial charge in [-0.2, -0.15) is 0 Å². The molecule has 0 aromatic carbocycles. The summed E-state index contributed by atoms with van der Waals surface area (Å²) >= 11 is 1.47. The Bertz CT molecular complexity index is 189. The van der Waals surface area contributed by atoms with Crippen molar-refractivity contribution in [3.05, 3.63) is 29.3 Å². The quantitative estimate of drug-likeness (QED) is 0.574. The Morgan fingerprint density at radius 1 is 1.78 bits per heavy atom. The molecule has 0 saturated carbocycles. The van der Waals surface area contributed by atoms with E-state index in [1.165, 1.54) is 11.3 Å². The second-order valence-electron chi connectivity index (χ2n) is 1.65. The Morgan fingerprint density at radius 2 is 2.56 bits per heavy atom. The maximum absolute atomic E-state index is 10.8. The molecule has 0 unspecified atom stereocenters. The van der Waals surface area contributed by atoms with E-state index in [2.05, 4.69) is 6.92 Å². The van der Waals surface area contributed by atoms with Crippen LogP contribution >= 0.6 is 11.3 Å². The lowest BCUT2D eigenvalue weighted by atomic mass is 10.3. The smallest absolute Gasteiger partial charge is 0.172 e. The normalized spacial score (nSPS) is 9.44. The van der Waals surface area contributed by atoms with Crippen LogP contribution in [0.4, 0.5) is 0 Å². The van der Waals surface area contributed by atoms with Crippen molar-refractivity contribution < 1.29 is 4.79 Å². The molecule has 0 aliphatic rings. The summed E-state index contributed by atoms with van der Waals surface area (Å²) in [5, 5.41) is 1.89. The molecule has 0 atom stereocenters. The molecule has 0 N–H and O–H groups in total. The summed E-state index contributed by atoms with van der Waals surface area (Å²) in [7, 11) is 0. The van der Waals surface area contributed by atoms with E-state index in [0.717, 1.165) is 4.88 Å². The van der Waals surface area contributed by atoms with Crippen molar-refractivity contribution >= 4 is 17.1 Å². The average molecular weight is 139 g/mol. The zero-order chi connectivity index (χ0) is 6.69. The van der Waals surface area contributed by atoms with E-state index in [9.17, 15) is 4.79 Å². The van der Waals surface area contributed by atoms with Crippen molar-refractivity contribution in [3.8, 4) is 0 Å². The Balaban J connectivity index is 2.77. The van der Waals surface area contributed by atoms with E-state index in [1.807, 2.05) is 17.5 Å². The first-order valence-electron chi connectivity index (χ1n) is 2.70. The van der Waals surface area contributed by atoms with E-state index >= 15 is 0 Å². The van der Waals surface area contributed by atoms with E-state index in [-0.39, 0.29) is 5.78 Å². The molecule has 0 spiro atoms. The standard InChI is InChI=1S/C7H7OS/c1-2-6(8)7-4-3-5-9-7/h3-5H,1-2H2. The largest absolute Gasteiger partial charge is 0.293 e. The molecule has 1 nitrogen and oxygen atoms in total. The molecular formula is C7H7OS. The fourth-order valence-electron chi connectivity index (χ4n) is 0.560. The van der Waals surface area contributed by atoms with Crippen LogP contribution in [0.15, 0.2) is 17.5 Å². The Labute approximate surface area is 58.3 Å². The van der Waals surface area contributed by atoms with Gasteiger partial charge < -0.3 is 0 Å². The highest BCUT2D eigenvalue weighted by Crippen LogP contribution is 2.09. The number of ketones is 1. The third kappa shape index (κ3) is 1.39. The van der Waals surface area contributed by atoms with Crippen LogP contribution in [0.2, 0.25) is 0 Å². The van der Waals surface area contributed by atoms with Gasteiger partial charge in [-0.15, -0.1) is 11.3 Å². The van der Waals surface area contributed by atoms with E-state index < -0.39 is 0 Å². The lowest BCUT2D eigenvalue weighted by Crippen LogP contribution is -1.90. The molecule has 1 heterocycles. The van der Waals surface area contributed by atoms with E-state index in [0.29, 0.717) is 6.42 Å². The van der Waals surface area contributed by atoms with Gasteiger partial charge in [0.2, 0.25) is 0 Å². The molecule has 0 aliphatic heterocycles. The van der Waals surface area contributed by atoms with Crippen molar-refractivity contribution in [1.29, 1.82) is 0 Å². The first kappa shape index (κ1) is 6.49. The van der Waals surface area contributed by atoms with Crippen LogP contribution in [-0.2, 0) is 0 Å². The van der Waals surface area contributed by atoms with Crippen LogP contribution in [0.25, 0.3) is 0 Å². The summed E-state index contributed by atoms with van der Waals surface area (Å²) in [5.41, 5.74) is 0. The van der Waals surface area contributed by atoms with Gasteiger partial charge in [0, 0.05) is 6.42 Å². The third-order valence-electron chi connectivity index (χ3n) is 1.02. The van der Waals surface area contributed by atoms with Gasteiger partial charge in [-0.25, -0.2) is 0 Å². The predicted molar refractivity (Wildman–Crippen MR) is 38.6 cm³/mol. The number of thiophene rings is 1. The molecule has 1 aromatic rings. The second kappa shape index (κ2) is 2.78. The predicted octanol–water partition coefficient (Wildman–Crippen LogP) is 2.15. The lowest BCUT2D eigenvalue weighted by Gasteiger charge is -1.86. The molecule has 2 heteroatoms. The Kier molecular flexibility index (Phi) is 2.01. The molecule has 1 aromatic heterocycles. The fraction of sp³-hybridized carbons (Fsp3) is 0.143. The Hall–Kier alpha value is -0.630. The SMILES string of the molecule is [CH2]CC(=O)c1cccs1. The number of hydrogen-bond donors (Lipinski definition) is 0. The molecule has 47 valence electrons. The maximum Gasteiger partial charge on any atom is 0.172 e. The van der Waals surface area contributed by atoms with Crippen LogP contribution < -0.4 is 0 Å². The van der Waals surface area contributed by atoms with Gasteiger partial charge in [-0.05, 0) is 18.4 Å². The fourth-order valence-corrected chi connectivity index (χ4v) is 1.25. The molecule has 0 amide bonds. The number of Topliss-reactive ketones (excluding diaryl/α,β-unsaturated/α-hetero) is 1. The first-order chi connectivity index (χ1) is 4.34.